The van der Waals surface area contributed by atoms with Gasteiger partial charge in [-0.25, -0.2) is 8.42 Å². The Morgan fingerprint density at radius 1 is 1.13 bits per heavy atom. The van der Waals surface area contributed by atoms with Crippen molar-refractivity contribution in [3.05, 3.63) is 30.5 Å². The van der Waals surface area contributed by atoms with Gasteiger partial charge in [0.25, 0.3) is 0 Å². The maximum absolute atomic E-state index is 12.3. The van der Waals surface area contributed by atoms with Crippen LogP contribution in [0.1, 0.15) is 39.0 Å². The second kappa shape index (κ2) is 13.4. The number of sulfone groups is 1. The van der Waals surface area contributed by atoms with Crippen LogP contribution in [0.5, 0.6) is 0 Å². The number of ether oxygens (including phenoxy) is 1. The van der Waals surface area contributed by atoms with Gasteiger partial charge in [-0.3, -0.25) is 9.78 Å². The van der Waals surface area contributed by atoms with Crippen LogP contribution >= 0.6 is 12.4 Å². The molecule has 1 aromatic heterocycles. The Balaban J connectivity index is 0.00000450. The van der Waals surface area contributed by atoms with Crippen molar-refractivity contribution in [2.24, 2.45) is 0 Å². The molecule has 0 aliphatic carbocycles. The molecule has 0 radical (unpaired) electrons. The number of nitrogens with one attached hydrogen (secondary N) is 2. The fourth-order valence-corrected chi connectivity index (χ4v) is 3.33. The number of carbonyl (C=O) groups is 1. The molecule has 7 nitrogen and oxygen atoms in total. The molecule has 1 amide bonds. The zero-order chi connectivity index (χ0) is 21.1. The van der Waals surface area contributed by atoms with E-state index in [0.29, 0.717) is 25.3 Å². The van der Waals surface area contributed by atoms with Gasteiger partial charge in [0, 0.05) is 24.6 Å². The van der Waals surface area contributed by atoms with Crippen LogP contribution in [-0.2, 0) is 19.4 Å². The van der Waals surface area contributed by atoms with E-state index >= 15 is 0 Å². The predicted molar refractivity (Wildman–Crippen MR) is 125 cm³/mol. The van der Waals surface area contributed by atoms with Gasteiger partial charge in [0.05, 0.1) is 42.1 Å². The number of aromatic nitrogens is 1. The second-order valence-electron chi connectivity index (χ2n) is 7.09. The number of halogens is 1. The molecule has 0 aliphatic heterocycles. The lowest BCUT2D eigenvalue weighted by atomic mass is 10.1. The number of anilines is 2. The van der Waals surface area contributed by atoms with Crippen LogP contribution in [0.3, 0.4) is 0 Å². The van der Waals surface area contributed by atoms with Gasteiger partial charge in [-0.1, -0.05) is 44.4 Å². The summed E-state index contributed by atoms with van der Waals surface area (Å²) in [6, 6.07) is 7.71. The van der Waals surface area contributed by atoms with Gasteiger partial charge in [0.15, 0.2) is 0 Å². The van der Waals surface area contributed by atoms with Crippen molar-refractivity contribution in [2.75, 3.05) is 42.4 Å². The molecule has 30 heavy (non-hydrogen) atoms. The highest BCUT2D eigenvalue weighted by atomic mass is 35.5. The lowest BCUT2D eigenvalue weighted by Gasteiger charge is -2.15. The fourth-order valence-electron chi connectivity index (χ4n) is 2.91. The maximum Gasteiger partial charge on any atom is 0.224 e. The predicted octanol–water partition coefficient (Wildman–Crippen LogP) is 4.04. The number of unbranched alkanes of at least 4 members (excludes halogenated alkanes) is 3. The third-order valence-corrected chi connectivity index (χ3v) is 5.36. The second-order valence-corrected chi connectivity index (χ2v) is 9.35. The van der Waals surface area contributed by atoms with Crippen molar-refractivity contribution < 1.29 is 17.9 Å². The molecular formula is C21H32ClN3O4S. The van der Waals surface area contributed by atoms with Crippen molar-refractivity contribution in [1.29, 1.82) is 0 Å². The summed E-state index contributed by atoms with van der Waals surface area (Å²) in [7, 11) is -3.03. The number of hydrogen-bond acceptors (Lipinski definition) is 6. The minimum Gasteiger partial charge on any atom is -0.380 e. The number of carbonyl (C=O) groups excluding carboxylic acids is 1. The van der Waals surface area contributed by atoms with E-state index in [0.717, 1.165) is 42.3 Å². The number of fused-ring (bicyclic) bond motifs is 1. The first-order chi connectivity index (χ1) is 13.9. The summed E-state index contributed by atoms with van der Waals surface area (Å²) in [5.74, 6) is -0.0181. The molecule has 1 heterocycles. The number of pyridine rings is 1. The van der Waals surface area contributed by atoms with E-state index in [9.17, 15) is 13.2 Å². The van der Waals surface area contributed by atoms with E-state index < -0.39 is 9.84 Å². The standard InChI is InChI=1S/C21H31N3O4S.ClH/c1-3-4-5-6-11-20(25)24-19-16-23-18-10-8-7-9-17(18)21(19)22-12-13-28-14-15-29(2,26)27;/h7-10,16H,3-6,11-15H2,1-2H3,(H,22,23)(H,24,25);1H. The van der Waals surface area contributed by atoms with Crippen molar-refractivity contribution in [2.45, 2.75) is 39.0 Å². The number of nitrogens with zero attached hydrogens (tertiary/aromatic N) is 1. The Kier molecular flexibility index (Phi) is 11.7. The Morgan fingerprint density at radius 3 is 2.63 bits per heavy atom. The summed E-state index contributed by atoms with van der Waals surface area (Å²) >= 11 is 0. The molecule has 2 N–H and O–H groups in total. The number of amides is 1. The normalized spacial score (nSPS) is 11.1. The highest BCUT2D eigenvalue weighted by molar-refractivity contribution is 7.90. The van der Waals surface area contributed by atoms with Crippen LogP contribution in [0.2, 0.25) is 0 Å². The van der Waals surface area contributed by atoms with Crippen molar-refractivity contribution >= 4 is 50.4 Å². The molecule has 2 aromatic rings. The highest BCUT2D eigenvalue weighted by Crippen LogP contribution is 2.30. The van der Waals surface area contributed by atoms with Crippen molar-refractivity contribution in [3.63, 3.8) is 0 Å². The summed E-state index contributed by atoms with van der Waals surface area (Å²) in [6.45, 7) is 3.15. The van der Waals surface area contributed by atoms with E-state index in [4.69, 9.17) is 4.74 Å². The van der Waals surface area contributed by atoms with E-state index in [1.807, 2.05) is 24.3 Å². The summed E-state index contributed by atoms with van der Waals surface area (Å²) in [4.78, 5) is 16.8. The third kappa shape index (κ3) is 9.28. The van der Waals surface area contributed by atoms with E-state index in [-0.39, 0.29) is 30.7 Å². The summed E-state index contributed by atoms with van der Waals surface area (Å²) in [5.41, 5.74) is 2.26. The summed E-state index contributed by atoms with van der Waals surface area (Å²) in [5, 5.41) is 7.18. The summed E-state index contributed by atoms with van der Waals surface area (Å²) in [6.07, 6.45) is 7.54. The molecular weight excluding hydrogens is 426 g/mol. The largest absolute Gasteiger partial charge is 0.380 e. The first kappa shape index (κ1) is 26.1. The molecule has 2 rings (SSSR count). The van der Waals surface area contributed by atoms with E-state index in [2.05, 4.69) is 22.5 Å². The number of hydrogen-bond donors (Lipinski definition) is 2. The molecule has 0 bridgehead atoms. The maximum atomic E-state index is 12.3. The lowest BCUT2D eigenvalue weighted by Crippen LogP contribution is -2.17. The molecule has 0 unspecified atom stereocenters. The smallest absolute Gasteiger partial charge is 0.224 e. The quantitative estimate of drug-likeness (QED) is 0.440. The van der Waals surface area contributed by atoms with Gasteiger partial charge in [-0.05, 0) is 12.5 Å². The first-order valence-electron chi connectivity index (χ1n) is 10.1. The van der Waals surface area contributed by atoms with E-state index in [1.165, 1.54) is 6.26 Å². The molecule has 0 atom stereocenters. The van der Waals surface area contributed by atoms with Crippen LogP contribution < -0.4 is 10.6 Å². The molecule has 9 heteroatoms. The average Bonchev–Trinajstić information content (AvgIpc) is 2.68. The van der Waals surface area contributed by atoms with Crippen molar-refractivity contribution in [1.82, 2.24) is 4.98 Å². The molecule has 0 saturated carbocycles. The van der Waals surface area contributed by atoms with Gasteiger partial charge in [-0.15, -0.1) is 12.4 Å². The zero-order valence-corrected chi connectivity index (χ0v) is 19.3. The monoisotopic (exact) mass is 457 g/mol. The molecule has 0 saturated heterocycles. The topological polar surface area (TPSA) is 97.4 Å². The van der Waals surface area contributed by atoms with Crippen LogP contribution in [-0.4, -0.2) is 51.1 Å². The SMILES string of the molecule is CCCCCCC(=O)Nc1cnc2ccccc2c1NCCOCCS(C)(=O)=O.Cl. The minimum absolute atomic E-state index is 0. The average molecular weight is 458 g/mol. The van der Waals surface area contributed by atoms with Crippen molar-refractivity contribution in [3.8, 4) is 0 Å². The van der Waals surface area contributed by atoms with Gasteiger partial charge < -0.3 is 15.4 Å². The Morgan fingerprint density at radius 2 is 1.90 bits per heavy atom. The number of benzene rings is 1. The van der Waals surface area contributed by atoms with Gasteiger partial charge >= 0.3 is 0 Å². The van der Waals surface area contributed by atoms with Crippen LogP contribution in [0.15, 0.2) is 30.5 Å². The van der Waals surface area contributed by atoms with Gasteiger partial charge in [-0.2, -0.15) is 0 Å². The lowest BCUT2D eigenvalue weighted by molar-refractivity contribution is -0.116. The minimum atomic E-state index is -3.03. The summed E-state index contributed by atoms with van der Waals surface area (Å²) < 4.78 is 27.7. The molecule has 0 spiro atoms. The Labute approximate surface area is 185 Å². The van der Waals surface area contributed by atoms with Crippen LogP contribution in [0.25, 0.3) is 10.9 Å². The van der Waals surface area contributed by atoms with E-state index in [1.54, 1.807) is 6.20 Å². The molecule has 168 valence electrons. The fraction of sp³-hybridized carbons (Fsp3) is 0.524. The molecule has 0 aliphatic rings. The number of rotatable bonds is 13. The Bertz CT molecular complexity index is 906. The van der Waals surface area contributed by atoms with Crippen LogP contribution in [0, 0.1) is 0 Å². The molecule has 1 aromatic carbocycles. The van der Waals surface area contributed by atoms with Gasteiger partial charge in [0.2, 0.25) is 5.91 Å². The Hall–Kier alpha value is -1.90. The zero-order valence-electron chi connectivity index (χ0n) is 17.6. The number of para-hydroxylation sites is 1. The van der Waals surface area contributed by atoms with Crippen LogP contribution in [0.4, 0.5) is 11.4 Å². The highest BCUT2D eigenvalue weighted by Gasteiger charge is 2.11. The third-order valence-electron chi connectivity index (χ3n) is 4.45. The first-order valence-corrected chi connectivity index (χ1v) is 12.1. The van der Waals surface area contributed by atoms with Gasteiger partial charge in [0.1, 0.15) is 9.84 Å². The molecule has 0 fully saturated rings.